The van der Waals surface area contributed by atoms with Crippen molar-refractivity contribution >= 4 is 5.96 Å². The molecule has 6 heteroatoms. The van der Waals surface area contributed by atoms with Crippen molar-refractivity contribution in [2.45, 2.75) is 20.0 Å². The van der Waals surface area contributed by atoms with Crippen LogP contribution >= 0.6 is 0 Å². The average Bonchev–Trinajstić information content (AvgIpc) is 2.70. The van der Waals surface area contributed by atoms with E-state index in [1.807, 2.05) is 49.4 Å². The molecule has 0 fully saturated rings. The van der Waals surface area contributed by atoms with E-state index in [0.29, 0.717) is 13.1 Å². The molecule has 140 valence electrons. The summed E-state index contributed by atoms with van der Waals surface area (Å²) in [6.07, 6.45) is 0. The van der Waals surface area contributed by atoms with Gasteiger partial charge in [-0.15, -0.1) is 0 Å². The maximum Gasteiger partial charge on any atom is 0.191 e. The Bertz CT molecular complexity index is 715. The first-order valence-electron chi connectivity index (χ1n) is 8.56. The molecule has 2 N–H and O–H groups in total. The molecule has 2 aromatic rings. The van der Waals surface area contributed by atoms with Crippen LogP contribution in [0.3, 0.4) is 0 Å². The van der Waals surface area contributed by atoms with Gasteiger partial charge in [0, 0.05) is 24.7 Å². The van der Waals surface area contributed by atoms with Gasteiger partial charge in [-0.1, -0.05) is 12.1 Å². The molecule has 0 aromatic heterocycles. The maximum absolute atomic E-state index is 5.44. The van der Waals surface area contributed by atoms with Crippen LogP contribution in [-0.4, -0.2) is 33.8 Å². The third-order valence-electron chi connectivity index (χ3n) is 3.86. The first kappa shape index (κ1) is 19.4. The van der Waals surface area contributed by atoms with Crippen molar-refractivity contribution in [1.82, 2.24) is 10.6 Å². The van der Waals surface area contributed by atoms with Gasteiger partial charge in [0.2, 0.25) is 0 Å². The Kier molecular flexibility index (Phi) is 7.61. The molecule has 0 amide bonds. The first-order valence-corrected chi connectivity index (χ1v) is 8.56. The number of aliphatic imine (C=N–C) groups is 1. The lowest BCUT2D eigenvalue weighted by molar-refractivity contribution is 0.390. The lowest BCUT2D eigenvalue weighted by Crippen LogP contribution is -2.36. The van der Waals surface area contributed by atoms with Gasteiger partial charge >= 0.3 is 0 Å². The fourth-order valence-corrected chi connectivity index (χ4v) is 2.42. The predicted octanol–water partition coefficient (Wildman–Crippen LogP) is 2.97. The topological polar surface area (TPSA) is 64.1 Å². The highest BCUT2D eigenvalue weighted by Crippen LogP contribution is 2.24. The Morgan fingerprint density at radius 2 is 1.58 bits per heavy atom. The molecule has 0 heterocycles. The van der Waals surface area contributed by atoms with Crippen molar-refractivity contribution in [3.8, 4) is 17.2 Å². The van der Waals surface area contributed by atoms with Gasteiger partial charge in [0.05, 0.1) is 27.9 Å². The summed E-state index contributed by atoms with van der Waals surface area (Å²) < 4.78 is 15.9. The summed E-state index contributed by atoms with van der Waals surface area (Å²) in [5.41, 5.74) is 2.15. The van der Waals surface area contributed by atoms with Crippen molar-refractivity contribution in [1.29, 1.82) is 0 Å². The highest BCUT2D eigenvalue weighted by Gasteiger charge is 2.06. The quantitative estimate of drug-likeness (QED) is 0.562. The predicted molar refractivity (Wildman–Crippen MR) is 104 cm³/mol. The number of methoxy groups -OCH3 is 3. The minimum absolute atomic E-state index is 0.582. The van der Waals surface area contributed by atoms with Crippen LogP contribution in [0.25, 0.3) is 0 Å². The fraction of sp³-hybridized carbons (Fsp3) is 0.350. The van der Waals surface area contributed by atoms with Crippen LogP contribution < -0.4 is 24.8 Å². The van der Waals surface area contributed by atoms with Crippen molar-refractivity contribution in [3.05, 3.63) is 53.6 Å². The van der Waals surface area contributed by atoms with Crippen molar-refractivity contribution < 1.29 is 14.2 Å². The normalized spacial score (nSPS) is 11.0. The molecule has 0 saturated carbocycles. The molecule has 0 aliphatic carbocycles. The summed E-state index contributed by atoms with van der Waals surface area (Å²) in [6, 6.07) is 13.7. The fourth-order valence-electron chi connectivity index (χ4n) is 2.42. The third-order valence-corrected chi connectivity index (χ3v) is 3.86. The van der Waals surface area contributed by atoms with E-state index in [9.17, 15) is 0 Å². The minimum atomic E-state index is 0.582. The van der Waals surface area contributed by atoms with Crippen LogP contribution in [0.4, 0.5) is 0 Å². The first-order chi connectivity index (χ1) is 12.7. The second-order valence-corrected chi connectivity index (χ2v) is 5.57. The molecule has 26 heavy (non-hydrogen) atoms. The second-order valence-electron chi connectivity index (χ2n) is 5.57. The van der Waals surface area contributed by atoms with Gasteiger partial charge in [-0.3, -0.25) is 0 Å². The van der Waals surface area contributed by atoms with Crippen LogP contribution in [0, 0.1) is 0 Å². The number of rotatable bonds is 8. The van der Waals surface area contributed by atoms with E-state index in [2.05, 4.69) is 15.6 Å². The standard InChI is InChI=1S/C20H27N3O3/c1-5-21-20(22-13-15-6-9-17(24-2)10-7-15)23-14-16-8-11-18(25-3)12-19(16)26-4/h6-12H,5,13-14H2,1-4H3,(H2,21,22,23). The van der Waals surface area contributed by atoms with E-state index in [-0.39, 0.29) is 0 Å². The molecule has 0 spiro atoms. The third kappa shape index (κ3) is 5.58. The van der Waals surface area contributed by atoms with Crippen molar-refractivity contribution in [2.75, 3.05) is 27.9 Å². The number of benzene rings is 2. The Hall–Kier alpha value is -2.89. The zero-order chi connectivity index (χ0) is 18.8. The molecule has 0 atom stereocenters. The molecule has 2 rings (SSSR count). The van der Waals surface area contributed by atoms with Gasteiger partial charge in [0.1, 0.15) is 17.2 Å². The summed E-state index contributed by atoms with van der Waals surface area (Å²) >= 11 is 0. The van der Waals surface area contributed by atoms with E-state index in [1.165, 1.54) is 0 Å². The number of nitrogens with one attached hydrogen (secondary N) is 2. The molecule has 0 aliphatic heterocycles. The van der Waals surface area contributed by atoms with E-state index in [0.717, 1.165) is 40.9 Å². The Labute approximate surface area is 155 Å². The second kappa shape index (κ2) is 10.2. The molecule has 0 aliphatic rings. The summed E-state index contributed by atoms with van der Waals surface area (Å²) in [5.74, 6) is 3.14. The Morgan fingerprint density at radius 3 is 2.19 bits per heavy atom. The van der Waals surface area contributed by atoms with Crippen LogP contribution in [0.5, 0.6) is 17.2 Å². The highest BCUT2D eigenvalue weighted by atomic mass is 16.5. The molecule has 0 saturated heterocycles. The lowest BCUT2D eigenvalue weighted by Gasteiger charge is -2.14. The van der Waals surface area contributed by atoms with Gasteiger partial charge in [0.15, 0.2) is 5.96 Å². The zero-order valence-electron chi connectivity index (χ0n) is 15.8. The number of guanidine groups is 1. The summed E-state index contributed by atoms with van der Waals surface area (Å²) in [6.45, 7) is 4.01. The Morgan fingerprint density at radius 1 is 0.885 bits per heavy atom. The SMILES string of the molecule is CCNC(=NCc1ccc(OC)cc1)NCc1ccc(OC)cc1OC. The molecule has 0 bridgehead atoms. The van der Waals surface area contributed by atoms with E-state index < -0.39 is 0 Å². The maximum atomic E-state index is 5.44. The van der Waals surface area contributed by atoms with Crippen LogP contribution in [0.2, 0.25) is 0 Å². The monoisotopic (exact) mass is 357 g/mol. The highest BCUT2D eigenvalue weighted by molar-refractivity contribution is 5.79. The van der Waals surface area contributed by atoms with Gasteiger partial charge in [0.25, 0.3) is 0 Å². The average molecular weight is 357 g/mol. The smallest absolute Gasteiger partial charge is 0.191 e. The molecule has 0 radical (unpaired) electrons. The van der Waals surface area contributed by atoms with E-state index >= 15 is 0 Å². The number of nitrogens with zero attached hydrogens (tertiary/aromatic N) is 1. The molecule has 6 nitrogen and oxygen atoms in total. The molecule has 0 unspecified atom stereocenters. The largest absolute Gasteiger partial charge is 0.497 e. The van der Waals surface area contributed by atoms with Gasteiger partial charge in [-0.25, -0.2) is 4.99 Å². The number of ether oxygens (including phenoxy) is 3. The molecular weight excluding hydrogens is 330 g/mol. The van der Waals surface area contributed by atoms with Crippen molar-refractivity contribution in [3.63, 3.8) is 0 Å². The van der Waals surface area contributed by atoms with Crippen LogP contribution in [0.1, 0.15) is 18.1 Å². The summed E-state index contributed by atoms with van der Waals surface area (Å²) in [5, 5.41) is 6.59. The molecule has 2 aromatic carbocycles. The Balaban J connectivity index is 2.02. The number of hydrogen-bond acceptors (Lipinski definition) is 4. The van der Waals surface area contributed by atoms with Gasteiger partial charge < -0.3 is 24.8 Å². The zero-order valence-corrected chi connectivity index (χ0v) is 15.8. The van der Waals surface area contributed by atoms with E-state index in [1.54, 1.807) is 21.3 Å². The lowest BCUT2D eigenvalue weighted by atomic mass is 10.2. The van der Waals surface area contributed by atoms with Crippen molar-refractivity contribution in [2.24, 2.45) is 4.99 Å². The number of hydrogen-bond donors (Lipinski definition) is 2. The molecular formula is C20H27N3O3. The van der Waals surface area contributed by atoms with Gasteiger partial charge in [-0.2, -0.15) is 0 Å². The summed E-state index contributed by atoms with van der Waals surface area (Å²) in [4.78, 5) is 4.63. The minimum Gasteiger partial charge on any atom is -0.497 e. The van der Waals surface area contributed by atoms with Crippen LogP contribution in [0.15, 0.2) is 47.5 Å². The van der Waals surface area contributed by atoms with Crippen LogP contribution in [-0.2, 0) is 13.1 Å². The van der Waals surface area contributed by atoms with Gasteiger partial charge in [-0.05, 0) is 36.8 Å². The summed E-state index contributed by atoms with van der Waals surface area (Å²) in [7, 11) is 4.96. The van der Waals surface area contributed by atoms with E-state index in [4.69, 9.17) is 14.2 Å².